The molecular weight excluding hydrogens is 453 g/mol. The Morgan fingerprint density at radius 3 is 2.78 bits per heavy atom. The maximum atomic E-state index is 12.7. The van der Waals surface area contributed by atoms with Gasteiger partial charge in [0.05, 0.1) is 30.1 Å². The summed E-state index contributed by atoms with van der Waals surface area (Å²) in [5, 5.41) is 3.12. The molecule has 0 spiro atoms. The molecule has 32 heavy (non-hydrogen) atoms. The van der Waals surface area contributed by atoms with Gasteiger partial charge >= 0.3 is 12.1 Å². The normalized spacial score (nSPS) is 12.8. The van der Waals surface area contributed by atoms with E-state index in [1.54, 1.807) is 0 Å². The number of pyridine rings is 1. The number of furan rings is 1. The van der Waals surface area contributed by atoms with Gasteiger partial charge in [0.15, 0.2) is 6.10 Å². The third-order valence-electron chi connectivity index (χ3n) is 4.60. The Hall–Kier alpha value is -3.60. The number of amides is 1. The van der Waals surface area contributed by atoms with Crippen molar-refractivity contribution < 1.29 is 31.9 Å². The van der Waals surface area contributed by atoms with Gasteiger partial charge in [-0.3, -0.25) is 9.78 Å². The third-order valence-corrected chi connectivity index (χ3v) is 4.81. The van der Waals surface area contributed by atoms with Crippen LogP contribution in [0.15, 0.2) is 41.3 Å². The van der Waals surface area contributed by atoms with E-state index in [0.29, 0.717) is 16.4 Å². The first-order valence-corrected chi connectivity index (χ1v) is 9.56. The fourth-order valence-electron chi connectivity index (χ4n) is 2.99. The van der Waals surface area contributed by atoms with Crippen molar-refractivity contribution in [2.45, 2.75) is 25.7 Å². The topological polar surface area (TPSA) is 110 Å². The maximum absolute atomic E-state index is 12.7. The number of rotatable bonds is 5. The minimum Gasteiger partial charge on any atom is -0.458 e. The molecule has 1 aromatic carbocycles. The molecule has 2 N–H and O–H groups in total. The average Bonchev–Trinajstić information content (AvgIpc) is 3.36. The van der Waals surface area contributed by atoms with Crippen molar-refractivity contribution in [1.29, 1.82) is 0 Å². The Kier molecular flexibility index (Phi) is 5.51. The predicted molar refractivity (Wildman–Crippen MR) is 107 cm³/mol. The second-order valence-corrected chi connectivity index (χ2v) is 7.28. The monoisotopic (exact) mass is 466 g/mol. The molecule has 1 unspecified atom stereocenters. The largest absolute Gasteiger partial charge is 0.458 e. The van der Waals surface area contributed by atoms with Crippen LogP contribution in [-0.4, -0.2) is 39.1 Å². The molecule has 1 atom stereocenters. The van der Waals surface area contributed by atoms with Crippen molar-refractivity contribution in [1.82, 2.24) is 20.3 Å². The van der Waals surface area contributed by atoms with Gasteiger partial charge in [0.2, 0.25) is 0 Å². The maximum Gasteiger partial charge on any atom is 0.425 e. The molecule has 0 radical (unpaired) electrons. The predicted octanol–water partition coefficient (Wildman–Crippen LogP) is 4.40. The number of imidazole rings is 1. The van der Waals surface area contributed by atoms with Crippen LogP contribution in [0.3, 0.4) is 0 Å². The van der Waals surface area contributed by atoms with E-state index in [1.165, 1.54) is 30.9 Å². The van der Waals surface area contributed by atoms with Gasteiger partial charge in [-0.15, -0.1) is 0 Å². The van der Waals surface area contributed by atoms with Crippen LogP contribution >= 0.6 is 11.6 Å². The van der Waals surface area contributed by atoms with Gasteiger partial charge < -0.3 is 19.5 Å². The van der Waals surface area contributed by atoms with Gasteiger partial charge in [-0.2, -0.15) is 13.2 Å². The number of carbonyl (C=O) groups excluding carboxylic acids is 2. The Labute approximate surface area is 182 Å². The number of benzene rings is 1. The van der Waals surface area contributed by atoms with E-state index in [-0.39, 0.29) is 34.0 Å². The van der Waals surface area contributed by atoms with Crippen LogP contribution in [0.2, 0.25) is 5.02 Å². The average molecular weight is 467 g/mol. The van der Waals surface area contributed by atoms with Crippen LogP contribution in [-0.2, 0) is 11.3 Å². The van der Waals surface area contributed by atoms with Crippen LogP contribution in [0.4, 0.5) is 13.2 Å². The van der Waals surface area contributed by atoms with E-state index in [9.17, 15) is 22.8 Å². The quantitative estimate of drug-likeness (QED) is 0.422. The molecule has 1 amide bonds. The second kappa shape index (κ2) is 8.15. The Bertz CT molecular complexity index is 1330. The van der Waals surface area contributed by atoms with Crippen LogP contribution in [0.25, 0.3) is 22.0 Å². The molecule has 12 heteroatoms. The number of carbonyl (C=O) groups is 2. The Morgan fingerprint density at radius 1 is 1.25 bits per heavy atom. The standard InChI is InChI=1S/C20H14ClF3N4O4/c1-9(20(22,23)24)31-19(30)13-4-11(21)2-10-3-12(32-17(10)13)5-26-18(29)14-6-25-7-15-16(14)28-8-27-15/h2-4,6-9H,5H2,1H3,(H,26,29)(H,27,28). The highest BCUT2D eigenvalue weighted by molar-refractivity contribution is 6.32. The number of hydrogen-bond donors (Lipinski definition) is 2. The lowest BCUT2D eigenvalue weighted by molar-refractivity contribution is -0.198. The van der Waals surface area contributed by atoms with E-state index in [1.807, 2.05) is 0 Å². The van der Waals surface area contributed by atoms with Gasteiger partial charge in [0.1, 0.15) is 22.4 Å². The molecule has 0 aliphatic heterocycles. The number of H-pyrrole nitrogens is 1. The molecule has 0 bridgehead atoms. The Morgan fingerprint density at radius 2 is 2.03 bits per heavy atom. The number of alkyl halides is 3. The van der Waals surface area contributed by atoms with Crippen LogP contribution in [0, 0.1) is 0 Å². The highest BCUT2D eigenvalue weighted by Crippen LogP contribution is 2.30. The van der Waals surface area contributed by atoms with Gasteiger partial charge in [-0.05, 0) is 25.1 Å². The van der Waals surface area contributed by atoms with Gasteiger partial charge in [0, 0.05) is 16.6 Å². The van der Waals surface area contributed by atoms with Crippen LogP contribution in [0.1, 0.15) is 33.4 Å². The second-order valence-electron chi connectivity index (χ2n) is 6.84. The van der Waals surface area contributed by atoms with Gasteiger partial charge in [0.25, 0.3) is 5.91 Å². The van der Waals surface area contributed by atoms with E-state index >= 15 is 0 Å². The lowest BCUT2D eigenvalue weighted by Gasteiger charge is -2.16. The molecule has 3 aromatic heterocycles. The number of aromatic amines is 1. The number of hydrogen-bond acceptors (Lipinski definition) is 6. The fraction of sp³-hybridized carbons (Fsp3) is 0.200. The van der Waals surface area contributed by atoms with E-state index < -0.39 is 24.2 Å². The highest BCUT2D eigenvalue weighted by Gasteiger charge is 2.39. The molecule has 4 rings (SSSR count). The van der Waals surface area contributed by atoms with Gasteiger partial charge in [-0.1, -0.05) is 11.6 Å². The molecule has 166 valence electrons. The highest BCUT2D eigenvalue weighted by atomic mass is 35.5. The first kappa shape index (κ1) is 21.6. The van der Waals surface area contributed by atoms with Crippen molar-refractivity contribution in [2.75, 3.05) is 0 Å². The number of aromatic nitrogens is 3. The summed E-state index contributed by atoms with van der Waals surface area (Å²) in [6.07, 6.45) is -2.68. The summed E-state index contributed by atoms with van der Waals surface area (Å²) < 4.78 is 48.3. The number of esters is 1. The van der Waals surface area contributed by atoms with Crippen molar-refractivity contribution in [3.8, 4) is 0 Å². The molecular formula is C20H14ClF3N4O4. The molecule has 0 aliphatic carbocycles. The first-order valence-electron chi connectivity index (χ1n) is 9.18. The van der Waals surface area contributed by atoms with E-state index in [0.717, 1.165) is 13.0 Å². The lowest BCUT2D eigenvalue weighted by Crippen LogP contribution is -2.30. The molecule has 4 aromatic rings. The van der Waals surface area contributed by atoms with Crippen LogP contribution < -0.4 is 5.32 Å². The number of fused-ring (bicyclic) bond motifs is 2. The molecule has 8 nitrogen and oxygen atoms in total. The third kappa shape index (κ3) is 4.24. The summed E-state index contributed by atoms with van der Waals surface area (Å²) in [6.45, 7) is 0.650. The Balaban J connectivity index is 1.56. The fourth-order valence-corrected chi connectivity index (χ4v) is 3.22. The molecule has 0 fully saturated rings. The zero-order valence-corrected chi connectivity index (χ0v) is 17.0. The number of nitrogens with zero attached hydrogens (tertiary/aromatic N) is 2. The SMILES string of the molecule is CC(OC(=O)c1cc(Cl)cc2cc(CNC(=O)c3cncc4[nH]cnc34)oc12)C(F)(F)F. The zero-order chi connectivity index (χ0) is 23.0. The van der Waals surface area contributed by atoms with E-state index in [2.05, 4.69) is 25.0 Å². The zero-order valence-electron chi connectivity index (χ0n) is 16.3. The number of ether oxygens (including phenoxy) is 1. The molecule has 3 heterocycles. The summed E-state index contributed by atoms with van der Waals surface area (Å²) >= 11 is 6.00. The van der Waals surface area contributed by atoms with Crippen molar-refractivity contribution in [3.05, 3.63) is 58.8 Å². The van der Waals surface area contributed by atoms with Crippen molar-refractivity contribution in [2.24, 2.45) is 0 Å². The summed E-state index contributed by atoms with van der Waals surface area (Å²) in [7, 11) is 0. The molecule has 0 saturated carbocycles. The smallest absolute Gasteiger partial charge is 0.425 e. The summed E-state index contributed by atoms with van der Waals surface area (Å²) in [4.78, 5) is 35.8. The summed E-state index contributed by atoms with van der Waals surface area (Å²) in [5.74, 6) is -1.45. The summed E-state index contributed by atoms with van der Waals surface area (Å²) in [6, 6.07) is 4.15. The van der Waals surface area contributed by atoms with Gasteiger partial charge in [-0.25, -0.2) is 9.78 Å². The number of nitrogens with one attached hydrogen (secondary N) is 2. The first-order chi connectivity index (χ1) is 15.1. The minimum absolute atomic E-state index is 0.00547. The summed E-state index contributed by atoms with van der Waals surface area (Å²) in [5.41, 5.74) is 1.01. The minimum atomic E-state index is -4.71. The lowest BCUT2D eigenvalue weighted by atomic mass is 10.1. The molecule has 0 saturated heterocycles. The molecule has 0 aliphatic rings. The number of halogens is 4. The van der Waals surface area contributed by atoms with E-state index in [4.69, 9.17) is 16.0 Å². The van der Waals surface area contributed by atoms with Crippen LogP contribution in [0.5, 0.6) is 0 Å². The van der Waals surface area contributed by atoms with Crippen molar-refractivity contribution in [3.63, 3.8) is 0 Å². The van der Waals surface area contributed by atoms with Crippen molar-refractivity contribution >= 4 is 45.5 Å².